The Hall–Kier alpha value is -2.52. The van der Waals surface area contributed by atoms with Crippen LogP contribution < -0.4 is 9.88 Å². The number of carbonyl (C=O) groups is 1. The molecule has 0 aliphatic carbocycles. The second kappa shape index (κ2) is 7.37. The molecule has 0 saturated heterocycles. The summed E-state index contributed by atoms with van der Waals surface area (Å²) >= 11 is 0. The van der Waals surface area contributed by atoms with Gasteiger partial charge in [-0.05, 0) is 42.5 Å². The van der Waals surface area contributed by atoms with Crippen molar-refractivity contribution in [3.8, 4) is 5.75 Å². The quantitative estimate of drug-likeness (QED) is 0.629. The third kappa shape index (κ3) is 4.74. The van der Waals surface area contributed by atoms with Gasteiger partial charge in [0.15, 0.2) is 11.6 Å². The number of primary sulfonamides is 1. The van der Waals surface area contributed by atoms with Crippen molar-refractivity contribution in [1.29, 1.82) is 0 Å². The molecule has 6 nitrogen and oxygen atoms in total. The van der Waals surface area contributed by atoms with Crippen LogP contribution in [0.5, 0.6) is 5.75 Å². The molecule has 0 heterocycles. The Kier molecular flexibility index (Phi) is 5.47. The normalized spacial score (nSPS) is 11.1. The lowest BCUT2D eigenvalue weighted by Gasteiger charge is -2.08. The van der Waals surface area contributed by atoms with Crippen LogP contribution in [0, 0.1) is 11.6 Å². The second-order valence-electron chi connectivity index (χ2n) is 4.63. The highest BCUT2D eigenvalue weighted by Crippen LogP contribution is 2.15. The summed E-state index contributed by atoms with van der Waals surface area (Å²) in [4.78, 5) is 11.6. The molecule has 0 aromatic heterocycles. The van der Waals surface area contributed by atoms with Crippen molar-refractivity contribution in [1.82, 2.24) is 0 Å². The maximum absolute atomic E-state index is 13.0. The third-order valence-corrected chi connectivity index (χ3v) is 3.82. The highest BCUT2D eigenvalue weighted by atomic mass is 32.2. The topological polar surface area (TPSA) is 95.7 Å². The molecule has 128 valence electrons. The second-order valence-corrected chi connectivity index (χ2v) is 6.19. The SMILES string of the molecule is NS(=O)(=O)c1ccc(OCCOC(=O)c2ccc(F)c(F)c2)cc1. The number of carbonyl (C=O) groups excluding carboxylic acids is 1. The van der Waals surface area contributed by atoms with E-state index in [1.54, 1.807) is 0 Å². The highest BCUT2D eigenvalue weighted by Gasteiger charge is 2.11. The van der Waals surface area contributed by atoms with Gasteiger partial charge in [0.25, 0.3) is 0 Å². The minimum absolute atomic E-state index is 0.00978. The summed E-state index contributed by atoms with van der Waals surface area (Å²) in [6, 6.07) is 8.03. The van der Waals surface area contributed by atoms with Gasteiger partial charge >= 0.3 is 5.97 Å². The first-order chi connectivity index (χ1) is 11.3. The van der Waals surface area contributed by atoms with Crippen molar-refractivity contribution in [3.05, 3.63) is 59.7 Å². The van der Waals surface area contributed by atoms with Crippen LogP contribution in [0.15, 0.2) is 47.4 Å². The Bertz CT molecular complexity index is 837. The molecule has 0 spiro atoms. The van der Waals surface area contributed by atoms with E-state index in [9.17, 15) is 22.0 Å². The van der Waals surface area contributed by atoms with Crippen molar-refractivity contribution < 1.29 is 31.5 Å². The van der Waals surface area contributed by atoms with Gasteiger partial charge in [0.05, 0.1) is 10.5 Å². The molecule has 2 aromatic rings. The largest absolute Gasteiger partial charge is 0.490 e. The Morgan fingerprint density at radius 1 is 1.00 bits per heavy atom. The fourth-order valence-corrected chi connectivity index (χ4v) is 2.24. The van der Waals surface area contributed by atoms with E-state index in [1.165, 1.54) is 24.3 Å². The zero-order valence-electron chi connectivity index (χ0n) is 12.2. The molecule has 2 aromatic carbocycles. The van der Waals surface area contributed by atoms with Crippen LogP contribution in [-0.4, -0.2) is 27.6 Å². The van der Waals surface area contributed by atoms with Crippen molar-refractivity contribution in [2.45, 2.75) is 4.90 Å². The third-order valence-electron chi connectivity index (χ3n) is 2.89. The van der Waals surface area contributed by atoms with Crippen LogP contribution in [0.1, 0.15) is 10.4 Å². The Balaban J connectivity index is 1.82. The van der Waals surface area contributed by atoms with Gasteiger partial charge in [0.2, 0.25) is 10.0 Å². The summed E-state index contributed by atoms with van der Waals surface area (Å²) in [5, 5.41) is 4.96. The molecule has 2 N–H and O–H groups in total. The van der Waals surface area contributed by atoms with E-state index >= 15 is 0 Å². The maximum atomic E-state index is 13.0. The number of nitrogens with two attached hydrogens (primary N) is 1. The monoisotopic (exact) mass is 357 g/mol. The number of sulfonamides is 1. The molecule has 0 radical (unpaired) electrons. The lowest BCUT2D eigenvalue weighted by Crippen LogP contribution is -2.13. The lowest BCUT2D eigenvalue weighted by atomic mass is 10.2. The molecular weight excluding hydrogens is 344 g/mol. The zero-order chi connectivity index (χ0) is 17.7. The van der Waals surface area contributed by atoms with Gasteiger partial charge in [0, 0.05) is 0 Å². The fraction of sp³-hybridized carbons (Fsp3) is 0.133. The first kappa shape index (κ1) is 17.8. The number of halogens is 2. The van der Waals surface area contributed by atoms with Crippen molar-refractivity contribution in [2.24, 2.45) is 5.14 Å². The van der Waals surface area contributed by atoms with Crippen molar-refractivity contribution in [3.63, 3.8) is 0 Å². The minimum Gasteiger partial charge on any atom is -0.490 e. The van der Waals surface area contributed by atoms with E-state index in [0.717, 1.165) is 18.2 Å². The molecule has 0 aliphatic heterocycles. The van der Waals surface area contributed by atoms with Gasteiger partial charge in [-0.25, -0.2) is 27.1 Å². The molecule has 24 heavy (non-hydrogen) atoms. The highest BCUT2D eigenvalue weighted by molar-refractivity contribution is 7.89. The summed E-state index contributed by atoms with van der Waals surface area (Å²) in [5.41, 5.74) is -0.119. The minimum atomic E-state index is -3.78. The molecule has 0 unspecified atom stereocenters. The molecule has 9 heteroatoms. The van der Waals surface area contributed by atoms with E-state index in [1.807, 2.05) is 0 Å². The molecule has 0 fully saturated rings. The average Bonchev–Trinajstić information content (AvgIpc) is 2.53. The van der Waals surface area contributed by atoms with Gasteiger partial charge in [-0.2, -0.15) is 0 Å². The van der Waals surface area contributed by atoms with Crippen LogP contribution in [0.25, 0.3) is 0 Å². The fourth-order valence-electron chi connectivity index (χ4n) is 1.73. The van der Waals surface area contributed by atoms with Gasteiger partial charge in [-0.3, -0.25) is 0 Å². The Labute approximate surface area is 136 Å². The predicted octanol–water partition coefficient (Wildman–Crippen LogP) is 1.85. The molecule has 0 amide bonds. The lowest BCUT2D eigenvalue weighted by molar-refractivity contribution is 0.0449. The number of rotatable bonds is 6. The summed E-state index contributed by atoms with van der Waals surface area (Å²) in [5.74, 6) is -2.66. The molecule has 0 bridgehead atoms. The first-order valence-electron chi connectivity index (χ1n) is 6.65. The van der Waals surface area contributed by atoms with Crippen LogP contribution >= 0.6 is 0 Å². The summed E-state index contributed by atoms with van der Waals surface area (Å²) in [7, 11) is -3.78. The Morgan fingerprint density at radius 2 is 1.67 bits per heavy atom. The first-order valence-corrected chi connectivity index (χ1v) is 8.20. The number of esters is 1. The summed E-state index contributed by atoms with van der Waals surface area (Å²) < 4.78 is 58.1. The maximum Gasteiger partial charge on any atom is 0.338 e. The van der Waals surface area contributed by atoms with Gasteiger partial charge in [-0.1, -0.05) is 0 Å². The molecule has 2 rings (SSSR count). The van der Waals surface area contributed by atoms with Crippen LogP contribution in [-0.2, 0) is 14.8 Å². The van der Waals surface area contributed by atoms with E-state index in [-0.39, 0.29) is 23.7 Å². The average molecular weight is 357 g/mol. The molecular formula is C15H13F2NO5S. The van der Waals surface area contributed by atoms with E-state index in [2.05, 4.69) is 0 Å². The van der Waals surface area contributed by atoms with Crippen LogP contribution in [0.3, 0.4) is 0 Å². The van der Waals surface area contributed by atoms with Crippen LogP contribution in [0.4, 0.5) is 8.78 Å². The number of ether oxygens (including phenoxy) is 2. The standard InChI is InChI=1S/C15H13F2NO5S/c16-13-6-1-10(9-14(13)17)15(19)23-8-7-22-11-2-4-12(5-3-11)24(18,20)21/h1-6,9H,7-8H2,(H2,18,20,21). The molecule has 0 saturated carbocycles. The van der Waals surface area contributed by atoms with Gasteiger partial charge in [-0.15, -0.1) is 0 Å². The molecule has 0 atom stereocenters. The zero-order valence-corrected chi connectivity index (χ0v) is 13.1. The van der Waals surface area contributed by atoms with E-state index < -0.39 is 27.6 Å². The van der Waals surface area contributed by atoms with Crippen LogP contribution in [0.2, 0.25) is 0 Å². The Morgan fingerprint density at radius 3 is 2.25 bits per heavy atom. The number of hydrogen-bond acceptors (Lipinski definition) is 5. The van der Waals surface area contributed by atoms with E-state index in [4.69, 9.17) is 14.6 Å². The molecule has 0 aliphatic rings. The number of hydrogen-bond donors (Lipinski definition) is 1. The summed E-state index contributed by atoms with van der Waals surface area (Å²) in [6.45, 7) is -0.140. The number of benzene rings is 2. The van der Waals surface area contributed by atoms with Crippen molar-refractivity contribution >= 4 is 16.0 Å². The van der Waals surface area contributed by atoms with Crippen molar-refractivity contribution in [2.75, 3.05) is 13.2 Å². The summed E-state index contributed by atoms with van der Waals surface area (Å²) in [6.07, 6.45) is 0. The van der Waals surface area contributed by atoms with Gasteiger partial charge in [0.1, 0.15) is 19.0 Å². The predicted molar refractivity (Wildman–Crippen MR) is 80.0 cm³/mol. The van der Waals surface area contributed by atoms with Gasteiger partial charge < -0.3 is 9.47 Å². The van der Waals surface area contributed by atoms with E-state index in [0.29, 0.717) is 5.75 Å². The smallest absolute Gasteiger partial charge is 0.338 e.